The van der Waals surface area contributed by atoms with Crippen LogP contribution in [0.2, 0.25) is 0 Å². The third-order valence-corrected chi connectivity index (χ3v) is 2.75. The lowest BCUT2D eigenvalue weighted by atomic mass is 9.91. The number of rotatable bonds is 2. The van der Waals surface area contributed by atoms with Crippen LogP contribution in [0.25, 0.3) is 10.9 Å². The third kappa shape index (κ3) is 2.41. The Morgan fingerprint density at radius 2 is 1.88 bits per heavy atom. The maximum atomic E-state index is 5.71. The molecule has 0 N–H and O–H groups in total. The van der Waals surface area contributed by atoms with Crippen molar-refractivity contribution in [3.05, 3.63) is 36.0 Å². The Kier molecular flexibility index (Phi) is 3.05. The molecule has 2 rings (SSSR count). The highest BCUT2D eigenvalue weighted by molar-refractivity contribution is 5.85. The second-order valence-corrected chi connectivity index (χ2v) is 5.21. The van der Waals surface area contributed by atoms with Crippen LogP contribution in [-0.4, -0.2) is 11.6 Å². The van der Waals surface area contributed by atoms with Gasteiger partial charge >= 0.3 is 0 Å². The minimum Gasteiger partial charge on any atom is -0.493 e. The fourth-order valence-electron chi connectivity index (χ4n) is 1.80. The number of hydrogen-bond acceptors (Lipinski definition) is 2. The Morgan fingerprint density at radius 3 is 2.53 bits per heavy atom. The highest BCUT2D eigenvalue weighted by Crippen LogP contribution is 2.30. The number of hydrogen-bond donors (Lipinski definition) is 0. The van der Waals surface area contributed by atoms with E-state index < -0.39 is 0 Å². The highest BCUT2D eigenvalue weighted by atomic mass is 16.5. The average molecular weight is 229 g/mol. The molecule has 0 amide bonds. The van der Waals surface area contributed by atoms with E-state index in [9.17, 15) is 0 Å². The zero-order valence-corrected chi connectivity index (χ0v) is 10.9. The lowest BCUT2D eigenvalue weighted by molar-refractivity contribution is 0.343. The number of ether oxygens (including phenoxy) is 1. The van der Waals surface area contributed by atoms with Crippen molar-refractivity contribution in [2.24, 2.45) is 0 Å². The van der Waals surface area contributed by atoms with Crippen molar-refractivity contribution in [3.63, 3.8) is 0 Å². The van der Waals surface area contributed by atoms with Crippen LogP contribution in [0.4, 0.5) is 0 Å². The van der Waals surface area contributed by atoms with Gasteiger partial charge in [-0.3, -0.25) is 4.98 Å². The molecule has 0 saturated carbocycles. The monoisotopic (exact) mass is 229 g/mol. The van der Waals surface area contributed by atoms with Gasteiger partial charge in [-0.2, -0.15) is 0 Å². The van der Waals surface area contributed by atoms with Crippen molar-refractivity contribution in [1.82, 2.24) is 4.98 Å². The van der Waals surface area contributed by atoms with Crippen molar-refractivity contribution in [3.8, 4) is 5.75 Å². The number of benzene rings is 1. The van der Waals surface area contributed by atoms with Crippen molar-refractivity contribution in [2.45, 2.75) is 33.1 Å². The molecule has 0 radical (unpaired) electrons. The summed E-state index contributed by atoms with van der Waals surface area (Å²) in [6.45, 7) is 9.18. The second-order valence-electron chi connectivity index (χ2n) is 5.21. The first kappa shape index (κ1) is 11.9. The summed E-state index contributed by atoms with van der Waals surface area (Å²) in [7, 11) is 0. The molecule has 0 saturated heterocycles. The van der Waals surface area contributed by atoms with E-state index >= 15 is 0 Å². The molecule has 0 aliphatic heterocycles. The molecule has 90 valence electrons. The highest BCUT2D eigenvalue weighted by Gasteiger charge is 2.18. The van der Waals surface area contributed by atoms with Gasteiger partial charge in [0.05, 0.1) is 17.8 Å². The lowest BCUT2D eigenvalue weighted by Gasteiger charge is -2.19. The fraction of sp³-hybridized carbons (Fsp3) is 0.400. The van der Waals surface area contributed by atoms with Gasteiger partial charge in [0, 0.05) is 16.9 Å². The van der Waals surface area contributed by atoms with Gasteiger partial charge in [0.2, 0.25) is 0 Å². The molecule has 2 heteroatoms. The Bertz CT molecular complexity index is 526. The van der Waals surface area contributed by atoms with E-state index in [4.69, 9.17) is 9.72 Å². The molecule has 0 spiro atoms. The first-order valence-corrected chi connectivity index (χ1v) is 6.05. The van der Waals surface area contributed by atoms with E-state index in [-0.39, 0.29) is 5.41 Å². The van der Waals surface area contributed by atoms with Gasteiger partial charge in [-0.1, -0.05) is 32.9 Å². The van der Waals surface area contributed by atoms with Crippen molar-refractivity contribution < 1.29 is 4.74 Å². The first-order valence-electron chi connectivity index (χ1n) is 6.05. The van der Waals surface area contributed by atoms with E-state index in [2.05, 4.69) is 32.9 Å². The summed E-state index contributed by atoms with van der Waals surface area (Å²) >= 11 is 0. The normalized spacial score (nSPS) is 11.8. The van der Waals surface area contributed by atoms with Gasteiger partial charge in [-0.15, -0.1) is 0 Å². The molecule has 2 aromatic rings. The molecule has 0 atom stereocenters. The van der Waals surface area contributed by atoms with E-state index in [0.717, 1.165) is 22.3 Å². The molecular formula is C15H19NO. The molecule has 0 bridgehead atoms. The summed E-state index contributed by atoms with van der Waals surface area (Å²) in [4.78, 5) is 4.71. The molecule has 0 aliphatic carbocycles. The van der Waals surface area contributed by atoms with Gasteiger partial charge in [0.1, 0.15) is 5.75 Å². The second kappa shape index (κ2) is 4.36. The van der Waals surface area contributed by atoms with Crippen LogP contribution in [0.1, 0.15) is 33.4 Å². The molecule has 1 heterocycles. The summed E-state index contributed by atoms with van der Waals surface area (Å²) in [6, 6.07) is 10.2. The Morgan fingerprint density at radius 1 is 1.18 bits per heavy atom. The van der Waals surface area contributed by atoms with Crippen LogP contribution in [0.5, 0.6) is 5.75 Å². The number of pyridine rings is 1. The quantitative estimate of drug-likeness (QED) is 0.778. The van der Waals surface area contributed by atoms with Gasteiger partial charge in [-0.25, -0.2) is 0 Å². The lowest BCUT2D eigenvalue weighted by Crippen LogP contribution is -2.14. The van der Waals surface area contributed by atoms with Crippen LogP contribution in [0.3, 0.4) is 0 Å². The Labute approximate surface area is 103 Å². The van der Waals surface area contributed by atoms with Crippen molar-refractivity contribution >= 4 is 10.9 Å². The summed E-state index contributed by atoms with van der Waals surface area (Å²) < 4.78 is 5.71. The minimum atomic E-state index is 0.0376. The van der Waals surface area contributed by atoms with E-state index in [0.29, 0.717) is 6.61 Å². The number of para-hydroxylation sites is 1. The maximum Gasteiger partial charge on any atom is 0.130 e. The van der Waals surface area contributed by atoms with Crippen LogP contribution >= 0.6 is 0 Å². The number of aromatic nitrogens is 1. The predicted molar refractivity (Wildman–Crippen MR) is 71.6 cm³/mol. The molecule has 0 aliphatic rings. The molecular weight excluding hydrogens is 210 g/mol. The van der Waals surface area contributed by atoms with Crippen LogP contribution < -0.4 is 4.74 Å². The topological polar surface area (TPSA) is 22.1 Å². The molecule has 0 fully saturated rings. The van der Waals surface area contributed by atoms with Gasteiger partial charge in [0.25, 0.3) is 0 Å². The van der Waals surface area contributed by atoms with Gasteiger partial charge in [0.15, 0.2) is 0 Å². The number of fused-ring (bicyclic) bond motifs is 1. The molecule has 17 heavy (non-hydrogen) atoms. The smallest absolute Gasteiger partial charge is 0.130 e. The minimum absolute atomic E-state index is 0.0376. The average Bonchev–Trinajstić information content (AvgIpc) is 2.28. The fourth-order valence-corrected chi connectivity index (χ4v) is 1.80. The first-order chi connectivity index (χ1) is 8.02. The summed E-state index contributed by atoms with van der Waals surface area (Å²) in [5, 5.41) is 1.09. The standard InChI is InChI=1S/C15H19NO/c1-5-17-13-10-14(15(2,3)4)16-12-9-7-6-8-11(12)13/h6-10H,5H2,1-4H3. The summed E-state index contributed by atoms with van der Waals surface area (Å²) in [5.74, 6) is 0.933. The van der Waals surface area contributed by atoms with Crippen LogP contribution in [0.15, 0.2) is 30.3 Å². The zero-order chi connectivity index (χ0) is 12.5. The predicted octanol–water partition coefficient (Wildman–Crippen LogP) is 3.93. The Hall–Kier alpha value is -1.57. The van der Waals surface area contributed by atoms with E-state index in [1.165, 1.54) is 0 Å². The third-order valence-electron chi connectivity index (χ3n) is 2.75. The molecule has 1 aromatic heterocycles. The Balaban J connectivity index is 2.67. The summed E-state index contributed by atoms with van der Waals surface area (Å²) in [5.41, 5.74) is 2.11. The van der Waals surface area contributed by atoms with Crippen LogP contribution in [-0.2, 0) is 5.41 Å². The molecule has 0 unspecified atom stereocenters. The van der Waals surface area contributed by atoms with Gasteiger partial charge < -0.3 is 4.74 Å². The SMILES string of the molecule is CCOc1cc(C(C)(C)C)nc2ccccc12. The van der Waals surface area contributed by atoms with Crippen molar-refractivity contribution in [2.75, 3.05) is 6.61 Å². The maximum absolute atomic E-state index is 5.71. The van der Waals surface area contributed by atoms with Crippen molar-refractivity contribution in [1.29, 1.82) is 0 Å². The number of nitrogens with zero attached hydrogens (tertiary/aromatic N) is 1. The van der Waals surface area contributed by atoms with E-state index in [1.54, 1.807) is 0 Å². The summed E-state index contributed by atoms with van der Waals surface area (Å²) in [6.07, 6.45) is 0. The largest absolute Gasteiger partial charge is 0.493 e. The van der Waals surface area contributed by atoms with E-state index in [1.807, 2.05) is 25.1 Å². The van der Waals surface area contributed by atoms with Gasteiger partial charge in [-0.05, 0) is 19.1 Å². The molecule has 1 aromatic carbocycles. The zero-order valence-electron chi connectivity index (χ0n) is 10.9. The van der Waals surface area contributed by atoms with Crippen LogP contribution in [0, 0.1) is 0 Å². The molecule has 2 nitrogen and oxygen atoms in total.